The molecule has 14 heavy (non-hydrogen) atoms. The topological polar surface area (TPSA) is 52.1 Å². The molecule has 0 aliphatic carbocycles. The molecule has 0 aromatic carbocycles. The number of hydrogen-bond donors (Lipinski definition) is 2. The van der Waals surface area contributed by atoms with E-state index in [0.29, 0.717) is 6.04 Å². The molecule has 1 aliphatic heterocycles. The van der Waals surface area contributed by atoms with Crippen molar-refractivity contribution >= 4 is 0 Å². The van der Waals surface area contributed by atoms with E-state index in [1.54, 1.807) is 6.20 Å². The molecule has 2 heterocycles. The minimum Gasteiger partial charge on any atom is -0.395 e. The monoisotopic (exact) mass is 195 g/mol. The second kappa shape index (κ2) is 4.57. The highest BCUT2D eigenvalue weighted by Gasteiger charge is 2.23. The number of aromatic amines is 1. The standard InChI is InChI=1S/C10H17N3O/c14-8-7-13-6-2-1-3-10(13)9-4-5-11-12-9/h4-5,10,14H,1-3,6-8H2,(H,11,12)/t10-/m1/s1. The molecule has 0 unspecified atom stereocenters. The number of H-pyrrole nitrogens is 1. The lowest BCUT2D eigenvalue weighted by Crippen LogP contribution is -2.35. The number of nitrogens with one attached hydrogen (secondary N) is 1. The molecule has 1 saturated heterocycles. The first-order valence-corrected chi connectivity index (χ1v) is 5.26. The summed E-state index contributed by atoms with van der Waals surface area (Å²) in [6.45, 7) is 2.10. The minimum atomic E-state index is 0.241. The quantitative estimate of drug-likeness (QED) is 0.754. The number of rotatable bonds is 3. The van der Waals surface area contributed by atoms with E-state index < -0.39 is 0 Å². The van der Waals surface area contributed by atoms with Crippen molar-refractivity contribution in [1.82, 2.24) is 15.1 Å². The number of aliphatic hydroxyl groups excluding tert-OH is 1. The Labute approximate surface area is 83.9 Å². The highest BCUT2D eigenvalue weighted by molar-refractivity contribution is 5.05. The Balaban J connectivity index is 2.06. The highest BCUT2D eigenvalue weighted by atomic mass is 16.3. The minimum absolute atomic E-state index is 0.241. The summed E-state index contributed by atoms with van der Waals surface area (Å²) in [5, 5.41) is 16.0. The average Bonchev–Trinajstić information content (AvgIpc) is 2.72. The van der Waals surface area contributed by atoms with E-state index in [1.165, 1.54) is 25.0 Å². The van der Waals surface area contributed by atoms with Gasteiger partial charge in [-0.15, -0.1) is 0 Å². The van der Waals surface area contributed by atoms with Gasteiger partial charge >= 0.3 is 0 Å². The van der Waals surface area contributed by atoms with Gasteiger partial charge in [-0.1, -0.05) is 6.42 Å². The summed E-state index contributed by atoms with van der Waals surface area (Å²) in [4.78, 5) is 2.33. The van der Waals surface area contributed by atoms with E-state index in [2.05, 4.69) is 15.1 Å². The Morgan fingerprint density at radius 3 is 3.21 bits per heavy atom. The molecule has 2 N–H and O–H groups in total. The van der Waals surface area contributed by atoms with Crippen molar-refractivity contribution in [2.45, 2.75) is 25.3 Å². The molecular formula is C10H17N3O. The Morgan fingerprint density at radius 2 is 2.50 bits per heavy atom. The normalized spacial score (nSPS) is 23.9. The van der Waals surface area contributed by atoms with Crippen LogP contribution in [0.4, 0.5) is 0 Å². The third-order valence-corrected chi connectivity index (χ3v) is 2.88. The number of β-amino-alcohol motifs (C(OH)–C–C–N with tert-alkyl or cyclic N) is 1. The van der Waals surface area contributed by atoms with Crippen LogP contribution in [-0.2, 0) is 0 Å². The summed E-state index contributed by atoms with van der Waals surface area (Å²) in [6.07, 6.45) is 5.47. The van der Waals surface area contributed by atoms with Gasteiger partial charge in [-0.25, -0.2) is 0 Å². The second-order valence-corrected chi connectivity index (χ2v) is 3.78. The molecule has 0 radical (unpaired) electrons. The van der Waals surface area contributed by atoms with Crippen LogP contribution in [0.25, 0.3) is 0 Å². The first-order valence-electron chi connectivity index (χ1n) is 5.26. The van der Waals surface area contributed by atoms with Crippen LogP contribution in [-0.4, -0.2) is 39.9 Å². The molecule has 2 rings (SSSR count). The second-order valence-electron chi connectivity index (χ2n) is 3.78. The summed E-state index contributed by atoms with van der Waals surface area (Å²) in [5.74, 6) is 0. The van der Waals surface area contributed by atoms with Crippen molar-refractivity contribution in [2.24, 2.45) is 0 Å². The Bertz CT molecular complexity index is 258. The van der Waals surface area contributed by atoms with Crippen LogP contribution >= 0.6 is 0 Å². The zero-order chi connectivity index (χ0) is 9.80. The molecule has 4 nitrogen and oxygen atoms in total. The van der Waals surface area contributed by atoms with E-state index in [0.717, 1.165) is 13.1 Å². The van der Waals surface area contributed by atoms with Crippen molar-refractivity contribution in [1.29, 1.82) is 0 Å². The summed E-state index contributed by atoms with van der Waals surface area (Å²) in [6, 6.07) is 2.46. The van der Waals surface area contributed by atoms with Crippen molar-refractivity contribution in [3.05, 3.63) is 18.0 Å². The van der Waals surface area contributed by atoms with Gasteiger partial charge in [-0.2, -0.15) is 5.10 Å². The number of nitrogens with zero attached hydrogens (tertiary/aromatic N) is 2. The third kappa shape index (κ3) is 1.96. The van der Waals surface area contributed by atoms with Gasteiger partial charge in [-0.05, 0) is 25.5 Å². The summed E-state index contributed by atoms with van der Waals surface area (Å²) < 4.78 is 0. The first-order chi connectivity index (χ1) is 6.92. The molecule has 0 spiro atoms. The molecular weight excluding hydrogens is 178 g/mol. The summed E-state index contributed by atoms with van der Waals surface area (Å²) in [5.41, 5.74) is 1.18. The van der Waals surface area contributed by atoms with Crippen molar-refractivity contribution in [2.75, 3.05) is 19.7 Å². The fourth-order valence-electron chi connectivity index (χ4n) is 2.19. The molecule has 78 valence electrons. The zero-order valence-corrected chi connectivity index (χ0v) is 8.32. The summed E-state index contributed by atoms with van der Waals surface area (Å²) >= 11 is 0. The maximum absolute atomic E-state index is 8.97. The van der Waals surface area contributed by atoms with Gasteiger partial charge in [0.25, 0.3) is 0 Å². The van der Waals surface area contributed by atoms with Crippen LogP contribution in [0.1, 0.15) is 31.0 Å². The number of aromatic nitrogens is 2. The van der Waals surface area contributed by atoms with Gasteiger partial charge < -0.3 is 5.11 Å². The van der Waals surface area contributed by atoms with Crippen LogP contribution < -0.4 is 0 Å². The van der Waals surface area contributed by atoms with Gasteiger partial charge in [0.2, 0.25) is 0 Å². The fourth-order valence-corrected chi connectivity index (χ4v) is 2.19. The Hall–Kier alpha value is -0.870. The third-order valence-electron chi connectivity index (χ3n) is 2.88. The molecule has 1 fully saturated rings. The van der Waals surface area contributed by atoms with Crippen LogP contribution in [0.3, 0.4) is 0 Å². The number of hydrogen-bond acceptors (Lipinski definition) is 3. The smallest absolute Gasteiger partial charge is 0.0558 e. The maximum atomic E-state index is 8.97. The first kappa shape index (κ1) is 9.68. The zero-order valence-electron chi connectivity index (χ0n) is 8.32. The number of likely N-dealkylation sites (tertiary alicyclic amines) is 1. The van der Waals surface area contributed by atoms with Crippen LogP contribution in [0.2, 0.25) is 0 Å². The van der Waals surface area contributed by atoms with Gasteiger partial charge in [0.05, 0.1) is 18.3 Å². The van der Waals surface area contributed by atoms with Crippen LogP contribution in [0.15, 0.2) is 12.3 Å². The van der Waals surface area contributed by atoms with Crippen LogP contribution in [0.5, 0.6) is 0 Å². The van der Waals surface area contributed by atoms with E-state index in [4.69, 9.17) is 5.11 Å². The molecule has 4 heteroatoms. The van der Waals surface area contributed by atoms with Gasteiger partial charge in [-0.3, -0.25) is 10.00 Å². The largest absolute Gasteiger partial charge is 0.395 e. The average molecular weight is 195 g/mol. The predicted molar refractivity (Wildman–Crippen MR) is 53.8 cm³/mol. The van der Waals surface area contributed by atoms with Gasteiger partial charge in [0, 0.05) is 12.7 Å². The van der Waals surface area contributed by atoms with Crippen LogP contribution in [0, 0.1) is 0 Å². The van der Waals surface area contributed by atoms with E-state index in [-0.39, 0.29) is 6.61 Å². The number of piperidine rings is 1. The lowest BCUT2D eigenvalue weighted by molar-refractivity contribution is 0.114. The lowest BCUT2D eigenvalue weighted by Gasteiger charge is -2.34. The van der Waals surface area contributed by atoms with Gasteiger partial charge in [0.1, 0.15) is 0 Å². The molecule has 0 saturated carbocycles. The van der Waals surface area contributed by atoms with Crippen molar-refractivity contribution in [3.8, 4) is 0 Å². The molecule has 0 amide bonds. The predicted octanol–water partition coefficient (Wildman–Crippen LogP) is 0.929. The van der Waals surface area contributed by atoms with E-state index in [9.17, 15) is 0 Å². The highest BCUT2D eigenvalue weighted by Crippen LogP contribution is 2.28. The SMILES string of the molecule is OCCN1CCCC[C@@H]1c1ccn[nH]1. The molecule has 1 aromatic rings. The molecule has 0 bridgehead atoms. The summed E-state index contributed by atoms with van der Waals surface area (Å²) in [7, 11) is 0. The van der Waals surface area contributed by atoms with Crippen molar-refractivity contribution in [3.63, 3.8) is 0 Å². The van der Waals surface area contributed by atoms with Crippen molar-refractivity contribution < 1.29 is 5.11 Å². The molecule has 1 aromatic heterocycles. The van der Waals surface area contributed by atoms with Gasteiger partial charge in [0.15, 0.2) is 0 Å². The van der Waals surface area contributed by atoms with E-state index >= 15 is 0 Å². The fraction of sp³-hybridized carbons (Fsp3) is 0.700. The maximum Gasteiger partial charge on any atom is 0.0558 e. The molecule has 1 atom stereocenters. The van der Waals surface area contributed by atoms with E-state index in [1.807, 2.05) is 6.07 Å². The lowest BCUT2D eigenvalue weighted by atomic mass is 9.99. The number of aliphatic hydroxyl groups is 1. The Kier molecular flexibility index (Phi) is 3.16. The Morgan fingerprint density at radius 1 is 1.57 bits per heavy atom. The molecule has 1 aliphatic rings.